The lowest BCUT2D eigenvalue weighted by atomic mass is 10.4. The van der Waals surface area contributed by atoms with Gasteiger partial charge in [0.25, 0.3) is 0 Å². The van der Waals surface area contributed by atoms with Crippen molar-refractivity contribution < 1.29 is 8.42 Å². The molecule has 0 bridgehead atoms. The SMILES string of the molecule is CN(C)CCNS(=O)(=O)c1ccc(Br)cc1Br. The molecule has 0 saturated heterocycles. The molecule has 1 rings (SSSR count). The van der Waals surface area contributed by atoms with Gasteiger partial charge in [0.1, 0.15) is 0 Å². The zero-order valence-electron chi connectivity index (χ0n) is 9.57. The molecule has 0 aromatic heterocycles. The summed E-state index contributed by atoms with van der Waals surface area (Å²) < 4.78 is 27.9. The number of nitrogens with one attached hydrogen (secondary N) is 1. The summed E-state index contributed by atoms with van der Waals surface area (Å²) in [6.07, 6.45) is 0. The van der Waals surface area contributed by atoms with Gasteiger partial charge in [-0.15, -0.1) is 0 Å². The Kier molecular flexibility index (Phi) is 5.59. The number of hydrogen-bond acceptors (Lipinski definition) is 3. The van der Waals surface area contributed by atoms with Crippen LogP contribution in [0.15, 0.2) is 32.0 Å². The van der Waals surface area contributed by atoms with Crippen molar-refractivity contribution in [3.8, 4) is 0 Å². The van der Waals surface area contributed by atoms with Crippen LogP contribution in [0.3, 0.4) is 0 Å². The van der Waals surface area contributed by atoms with Gasteiger partial charge in [-0.3, -0.25) is 0 Å². The third kappa shape index (κ3) is 4.67. The van der Waals surface area contributed by atoms with Gasteiger partial charge in [0.05, 0.1) is 4.90 Å². The van der Waals surface area contributed by atoms with Crippen molar-refractivity contribution in [2.75, 3.05) is 27.2 Å². The normalized spacial score (nSPS) is 12.1. The van der Waals surface area contributed by atoms with Gasteiger partial charge in [-0.1, -0.05) is 15.9 Å². The zero-order chi connectivity index (χ0) is 13.1. The quantitative estimate of drug-likeness (QED) is 0.843. The molecule has 1 aromatic carbocycles. The molecule has 7 heteroatoms. The number of benzene rings is 1. The highest BCUT2D eigenvalue weighted by Crippen LogP contribution is 2.25. The summed E-state index contributed by atoms with van der Waals surface area (Å²) in [7, 11) is 0.338. The van der Waals surface area contributed by atoms with E-state index >= 15 is 0 Å². The van der Waals surface area contributed by atoms with Crippen LogP contribution < -0.4 is 4.72 Å². The van der Waals surface area contributed by atoms with Crippen LogP contribution in [0.2, 0.25) is 0 Å². The van der Waals surface area contributed by atoms with Crippen LogP contribution >= 0.6 is 31.9 Å². The Balaban J connectivity index is 2.83. The van der Waals surface area contributed by atoms with Gasteiger partial charge in [0, 0.05) is 22.0 Å². The first-order chi connectivity index (χ1) is 7.83. The second kappa shape index (κ2) is 6.29. The molecule has 0 aliphatic heterocycles. The van der Waals surface area contributed by atoms with Crippen molar-refractivity contribution >= 4 is 41.9 Å². The largest absolute Gasteiger partial charge is 0.308 e. The molecule has 0 atom stereocenters. The highest BCUT2D eigenvalue weighted by atomic mass is 79.9. The highest BCUT2D eigenvalue weighted by Gasteiger charge is 2.16. The summed E-state index contributed by atoms with van der Waals surface area (Å²) >= 11 is 6.53. The Morgan fingerprint density at radius 2 is 1.94 bits per heavy atom. The number of nitrogens with zero attached hydrogens (tertiary/aromatic N) is 1. The second-order valence-electron chi connectivity index (χ2n) is 3.78. The average molecular weight is 386 g/mol. The molecule has 0 aliphatic rings. The standard InChI is InChI=1S/C10H14Br2N2O2S/c1-14(2)6-5-13-17(15,16)10-4-3-8(11)7-9(10)12/h3-4,7,13H,5-6H2,1-2H3. The molecule has 0 aliphatic carbocycles. The predicted molar refractivity (Wildman–Crippen MR) is 75.6 cm³/mol. The van der Waals surface area contributed by atoms with Crippen molar-refractivity contribution in [1.29, 1.82) is 0 Å². The number of sulfonamides is 1. The van der Waals surface area contributed by atoms with E-state index in [0.29, 0.717) is 17.6 Å². The Bertz CT molecular complexity index is 489. The van der Waals surface area contributed by atoms with Gasteiger partial charge in [-0.2, -0.15) is 0 Å². The second-order valence-corrected chi connectivity index (χ2v) is 7.28. The van der Waals surface area contributed by atoms with E-state index < -0.39 is 10.0 Å². The maximum atomic E-state index is 12.0. The molecular formula is C10H14Br2N2O2S. The minimum atomic E-state index is -3.45. The molecule has 1 aromatic rings. The molecule has 0 spiro atoms. The van der Waals surface area contributed by atoms with E-state index in [2.05, 4.69) is 36.6 Å². The molecule has 0 fully saturated rings. The van der Waals surface area contributed by atoms with Gasteiger partial charge in [-0.25, -0.2) is 13.1 Å². The summed E-state index contributed by atoms with van der Waals surface area (Å²) in [6, 6.07) is 4.97. The van der Waals surface area contributed by atoms with E-state index in [9.17, 15) is 8.42 Å². The lowest BCUT2D eigenvalue weighted by Gasteiger charge is -2.11. The van der Waals surface area contributed by atoms with Crippen LogP contribution in [-0.2, 0) is 10.0 Å². The molecule has 4 nitrogen and oxygen atoms in total. The first-order valence-electron chi connectivity index (χ1n) is 4.92. The van der Waals surface area contributed by atoms with Gasteiger partial charge >= 0.3 is 0 Å². The first kappa shape index (κ1) is 15.1. The number of rotatable bonds is 5. The lowest BCUT2D eigenvalue weighted by Crippen LogP contribution is -2.31. The van der Waals surface area contributed by atoms with Crippen LogP contribution in [0.1, 0.15) is 0 Å². The molecule has 0 radical (unpaired) electrons. The molecule has 0 amide bonds. The topological polar surface area (TPSA) is 49.4 Å². The predicted octanol–water partition coefficient (Wildman–Crippen LogP) is 2.05. The highest BCUT2D eigenvalue weighted by molar-refractivity contribution is 9.11. The van der Waals surface area contributed by atoms with E-state index in [0.717, 1.165) is 4.47 Å². The van der Waals surface area contributed by atoms with Gasteiger partial charge in [-0.05, 0) is 48.2 Å². The molecular weight excluding hydrogens is 372 g/mol. The zero-order valence-corrected chi connectivity index (χ0v) is 13.6. The summed E-state index contributed by atoms with van der Waals surface area (Å²) in [5.41, 5.74) is 0. The number of halogens is 2. The Morgan fingerprint density at radius 1 is 1.29 bits per heavy atom. The molecule has 96 valence electrons. The van der Waals surface area contributed by atoms with E-state index in [1.54, 1.807) is 18.2 Å². The fraction of sp³-hybridized carbons (Fsp3) is 0.400. The summed E-state index contributed by atoms with van der Waals surface area (Å²) in [5, 5.41) is 0. The van der Waals surface area contributed by atoms with Crippen LogP contribution in [0, 0.1) is 0 Å². The summed E-state index contributed by atoms with van der Waals surface area (Å²) in [5.74, 6) is 0. The minimum absolute atomic E-state index is 0.249. The minimum Gasteiger partial charge on any atom is -0.308 e. The third-order valence-electron chi connectivity index (χ3n) is 2.03. The summed E-state index contributed by atoms with van der Waals surface area (Å²) in [4.78, 5) is 2.17. The lowest BCUT2D eigenvalue weighted by molar-refractivity contribution is 0.412. The van der Waals surface area contributed by atoms with Crippen LogP contribution in [0.4, 0.5) is 0 Å². The van der Waals surface area contributed by atoms with Gasteiger partial charge in [0.2, 0.25) is 10.0 Å². The third-order valence-corrected chi connectivity index (χ3v) is 4.97. The van der Waals surface area contributed by atoms with Gasteiger partial charge < -0.3 is 4.90 Å². The van der Waals surface area contributed by atoms with E-state index in [4.69, 9.17) is 0 Å². The Morgan fingerprint density at radius 3 is 2.47 bits per heavy atom. The van der Waals surface area contributed by atoms with Crippen LogP contribution in [0.5, 0.6) is 0 Å². The van der Waals surface area contributed by atoms with Crippen molar-refractivity contribution in [2.45, 2.75) is 4.90 Å². The first-order valence-corrected chi connectivity index (χ1v) is 7.99. The fourth-order valence-corrected chi connectivity index (χ4v) is 3.94. The number of likely N-dealkylation sites (N-methyl/N-ethyl adjacent to an activating group) is 1. The summed E-state index contributed by atoms with van der Waals surface area (Å²) in [6.45, 7) is 1.05. The maximum absolute atomic E-state index is 12.0. The molecule has 0 saturated carbocycles. The van der Waals surface area contributed by atoms with Crippen molar-refractivity contribution in [3.63, 3.8) is 0 Å². The Hall–Kier alpha value is 0.0500. The fourth-order valence-electron chi connectivity index (χ4n) is 1.17. The molecule has 1 N–H and O–H groups in total. The van der Waals surface area contributed by atoms with Gasteiger partial charge in [0.15, 0.2) is 0 Å². The van der Waals surface area contributed by atoms with Crippen LogP contribution in [0.25, 0.3) is 0 Å². The smallest absolute Gasteiger partial charge is 0.241 e. The van der Waals surface area contributed by atoms with E-state index in [1.807, 2.05) is 19.0 Å². The Labute approximate surface area is 119 Å². The molecule has 0 unspecified atom stereocenters. The van der Waals surface area contributed by atoms with Crippen LogP contribution in [-0.4, -0.2) is 40.5 Å². The number of hydrogen-bond donors (Lipinski definition) is 1. The monoisotopic (exact) mass is 384 g/mol. The van der Waals surface area contributed by atoms with Crippen molar-refractivity contribution in [2.24, 2.45) is 0 Å². The van der Waals surface area contributed by atoms with Crippen molar-refractivity contribution in [3.05, 3.63) is 27.1 Å². The van der Waals surface area contributed by atoms with E-state index in [-0.39, 0.29) is 4.90 Å². The van der Waals surface area contributed by atoms with E-state index in [1.165, 1.54) is 0 Å². The maximum Gasteiger partial charge on any atom is 0.241 e. The molecule has 0 heterocycles. The molecule has 17 heavy (non-hydrogen) atoms. The average Bonchev–Trinajstić information content (AvgIpc) is 2.15. The van der Waals surface area contributed by atoms with Crippen molar-refractivity contribution in [1.82, 2.24) is 9.62 Å².